The number of carbonyl (C=O) groups is 1. The van der Waals surface area contributed by atoms with Gasteiger partial charge in [-0.1, -0.05) is 6.42 Å². The van der Waals surface area contributed by atoms with Crippen LogP contribution in [0.2, 0.25) is 0 Å². The summed E-state index contributed by atoms with van der Waals surface area (Å²) in [5, 5.41) is 10.9. The second kappa shape index (κ2) is 8.93. The zero-order valence-corrected chi connectivity index (χ0v) is 16.9. The maximum atomic E-state index is 12.5. The van der Waals surface area contributed by atoms with Crippen molar-refractivity contribution in [2.24, 2.45) is 0 Å². The van der Waals surface area contributed by atoms with Gasteiger partial charge in [-0.2, -0.15) is 0 Å². The van der Waals surface area contributed by atoms with Crippen LogP contribution in [-0.2, 0) is 14.8 Å². The fraction of sp³-hybridized carbons (Fsp3) is 0.526. The highest BCUT2D eigenvalue weighted by atomic mass is 32.2. The first-order valence-electron chi connectivity index (χ1n) is 9.65. The molecule has 0 radical (unpaired) electrons. The molecule has 3 rings (SSSR count). The fourth-order valence-corrected chi connectivity index (χ4v) is 4.56. The third kappa shape index (κ3) is 4.84. The van der Waals surface area contributed by atoms with Gasteiger partial charge < -0.3 is 14.6 Å². The van der Waals surface area contributed by atoms with Crippen molar-refractivity contribution in [1.29, 1.82) is 0 Å². The minimum Gasteiger partial charge on any atom is -0.461 e. The van der Waals surface area contributed by atoms with Crippen LogP contribution < -0.4 is 4.47 Å². The Morgan fingerprint density at radius 2 is 2.00 bits per heavy atom. The Labute approximate surface area is 165 Å². The Morgan fingerprint density at radius 1 is 1.25 bits per heavy atom. The first-order chi connectivity index (χ1) is 13.4. The number of likely N-dealkylation sites (tertiary alicyclic amines) is 1. The molecule has 0 unspecified atom stereocenters. The van der Waals surface area contributed by atoms with Crippen LogP contribution in [0.15, 0.2) is 24.3 Å². The minimum atomic E-state index is -3.84. The first kappa shape index (κ1) is 20.6. The Bertz CT molecular complexity index is 919. The Kier molecular flexibility index (Phi) is 6.58. The second-order valence-corrected chi connectivity index (χ2v) is 8.91. The van der Waals surface area contributed by atoms with Crippen LogP contribution in [0.1, 0.15) is 43.1 Å². The van der Waals surface area contributed by atoms with Crippen molar-refractivity contribution in [3.05, 3.63) is 30.0 Å². The van der Waals surface area contributed by atoms with Crippen molar-refractivity contribution in [2.75, 3.05) is 36.5 Å². The summed E-state index contributed by atoms with van der Waals surface area (Å²) in [7, 11) is -3.84. The molecule has 1 saturated heterocycles. The third-order valence-electron chi connectivity index (χ3n) is 4.91. The second-order valence-electron chi connectivity index (χ2n) is 6.99. The molecule has 28 heavy (non-hydrogen) atoms. The Hall–Kier alpha value is -2.10. The molecule has 2 heterocycles. The molecule has 0 spiro atoms. The van der Waals surface area contributed by atoms with E-state index in [2.05, 4.69) is 9.88 Å². The number of nitrogens with one attached hydrogen (secondary N) is 1. The summed E-state index contributed by atoms with van der Waals surface area (Å²) >= 11 is 0. The smallest absolute Gasteiger partial charge is 0.354 e. The maximum Gasteiger partial charge on any atom is 0.354 e. The van der Waals surface area contributed by atoms with Crippen molar-refractivity contribution < 1.29 is 23.2 Å². The molecule has 0 amide bonds. The van der Waals surface area contributed by atoms with Crippen molar-refractivity contribution in [2.45, 2.75) is 32.6 Å². The molecule has 1 aromatic heterocycles. The van der Waals surface area contributed by atoms with Crippen LogP contribution >= 0.6 is 0 Å². The van der Waals surface area contributed by atoms with E-state index in [4.69, 9.17) is 4.74 Å². The van der Waals surface area contributed by atoms with Gasteiger partial charge in [0.2, 0.25) is 0 Å². The van der Waals surface area contributed by atoms with Crippen LogP contribution in [0.4, 0.5) is 5.69 Å². The molecule has 1 aromatic carbocycles. The molecule has 154 valence electrons. The topological polar surface area (TPSA) is 103 Å². The van der Waals surface area contributed by atoms with Gasteiger partial charge in [-0.3, -0.25) is 5.21 Å². The summed E-state index contributed by atoms with van der Waals surface area (Å²) in [6.45, 7) is 4.72. The maximum absolute atomic E-state index is 12.5. The first-order valence-corrected chi connectivity index (χ1v) is 11.3. The van der Waals surface area contributed by atoms with Crippen molar-refractivity contribution in [3.63, 3.8) is 0 Å². The van der Waals surface area contributed by atoms with E-state index in [9.17, 15) is 18.4 Å². The largest absolute Gasteiger partial charge is 0.461 e. The van der Waals surface area contributed by atoms with E-state index in [0.717, 1.165) is 25.9 Å². The zero-order chi connectivity index (χ0) is 20.1. The van der Waals surface area contributed by atoms with Crippen LogP contribution in [0.25, 0.3) is 10.9 Å². The molecule has 0 aliphatic carbocycles. The molecule has 2 aromatic rings. The highest BCUT2D eigenvalue weighted by Crippen LogP contribution is 2.24. The van der Waals surface area contributed by atoms with Crippen molar-refractivity contribution in [1.82, 2.24) is 9.88 Å². The Morgan fingerprint density at radius 3 is 2.71 bits per heavy atom. The van der Waals surface area contributed by atoms with Crippen LogP contribution in [-0.4, -0.2) is 61.5 Å². The van der Waals surface area contributed by atoms with E-state index in [1.54, 1.807) is 19.1 Å². The zero-order valence-electron chi connectivity index (χ0n) is 16.1. The van der Waals surface area contributed by atoms with Gasteiger partial charge in [0.05, 0.1) is 18.0 Å². The lowest BCUT2D eigenvalue weighted by molar-refractivity contribution is 0.0520. The van der Waals surface area contributed by atoms with Crippen molar-refractivity contribution >= 4 is 32.6 Å². The number of piperidine rings is 1. The van der Waals surface area contributed by atoms with Gasteiger partial charge in [0, 0.05) is 10.9 Å². The number of anilines is 1. The summed E-state index contributed by atoms with van der Waals surface area (Å²) in [6, 6.07) is 6.22. The summed E-state index contributed by atoms with van der Waals surface area (Å²) in [5.74, 6) is -0.606. The Balaban J connectivity index is 1.66. The van der Waals surface area contributed by atoms with Gasteiger partial charge in [-0.05, 0) is 70.1 Å². The molecule has 1 aliphatic heterocycles. The van der Waals surface area contributed by atoms with Gasteiger partial charge in [0.25, 0.3) is 10.0 Å². The number of carbonyl (C=O) groups excluding carboxylic acids is 1. The van der Waals surface area contributed by atoms with E-state index in [-0.39, 0.29) is 23.7 Å². The average molecular weight is 410 g/mol. The highest BCUT2D eigenvalue weighted by Gasteiger charge is 2.22. The standard InChI is InChI=1S/C19H27N3O5S/c1-2-27-19(23)18-14-15-13-16(7-8-17(15)20-18)22(24)28(25,26)12-6-11-21-9-4-3-5-10-21/h7-8,13-14,20,24H,2-6,9-12H2,1H3. The van der Waals surface area contributed by atoms with E-state index < -0.39 is 16.0 Å². The number of aromatic nitrogens is 1. The van der Waals surface area contributed by atoms with Crippen LogP contribution in [0, 0.1) is 0 Å². The summed E-state index contributed by atoms with van der Waals surface area (Å²) in [5.41, 5.74) is 1.07. The molecule has 9 heteroatoms. The number of ether oxygens (including phenoxy) is 1. The highest BCUT2D eigenvalue weighted by molar-refractivity contribution is 7.92. The van der Waals surface area contributed by atoms with Gasteiger partial charge >= 0.3 is 5.97 Å². The number of sulfonamides is 1. The molecule has 1 fully saturated rings. The minimum absolute atomic E-state index is 0.126. The lowest BCUT2D eigenvalue weighted by atomic mass is 10.1. The molecule has 1 aliphatic rings. The number of hydrogen-bond acceptors (Lipinski definition) is 6. The number of hydrogen-bond donors (Lipinski definition) is 2. The molecular formula is C19H27N3O5S. The van der Waals surface area contributed by atoms with Gasteiger partial charge in [0.1, 0.15) is 5.69 Å². The van der Waals surface area contributed by atoms with Crippen LogP contribution in [0.3, 0.4) is 0 Å². The molecule has 2 N–H and O–H groups in total. The number of fused-ring (bicyclic) bond motifs is 1. The van der Waals surface area contributed by atoms with E-state index in [1.165, 1.54) is 18.6 Å². The predicted molar refractivity (Wildman–Crippen MR) is 107 cm³/mol. The van der Waals surface area contributed by atoms with Gasteiger partial charge in [-0.15, -0.1) is 4.47 Å². The molecular weight excluding hydrogens is 382 g/mol. The number of nitrogens with zero attached hydrogens (tertiary/aromatic N) is 2. The van der Waals surface area contributed by atoms with Crippen molar-refractivity contribution in [3.8, 4) is 0 Å². The normalized spacial score (nSPS) is 15.6. The number of aromatic amines is 1. The molecule has 0 atom stereocenters. The number of esters is 1. The average Bonchev–Trinajstić information content (AvgIpc) is 3.12. The summed E-state index contributed by atoms with van der Waals surface area (Å²) < 4.78 is 30.3. The number of H-pyrrole nitrogens is 1. The molecule has 0 saturated carbocycles. The molecule has 0 bridgehead atoms. The van der Waals surface area contributed by atoms with Gasteiger partial charge in [-0.25, -0.2) is 13.2 Å². The SMILES string of the molecule is CCOC(=O)c1cc2cc(N(O)S(=O)(=O)CCCN3CCCCC3)ccc2[nH]1. The lowest BCUT2D eigenvalue weighted by Gasteiger charge is -2.26. The summed E-state index contributed by atoms with van der Waals surface area (Å²) in [4.78, 5) is 17.0. The monoisotopic (exact) mass is 409 g/mol. The van der Waals surface area contributed by atoms with E-state index in [0.29, 0.717) is 28.3 Å². The van der Waals surface area contributed by atoms with Crippen LogP contribution in [0.5, 0.6) is 0 Å². The third-order valence-corrected chi connectivity index (χ3v) is 6.45. The van der Waals surface area contributed by atoms with Gasteiger partial charge in [0.15, 0.2) is 0 Å². The summed E-state index contributed by atoms with van der Waals surface area (Å²) in [6.07, 6.45) is 4.02. The predicted octanol–water partition coefficient (Wildman–Crippen LogP) is 2.75. The number of rotatable bonds is 8. The quantitative estimate of drug-likeness (QED) is 0.513. The fourth-order valence-electron chi connectivity index (χ4n) is 3.46. The lowest BCUT2D eigenvalue weighted by Crippen LogP contribution is -2.34. The molecule has 8 nitrogen and oxygen atoms in total. The van der Waals surface area contributed by atoms with E-state index >= 15 is 0 Å². The van der Waals surface area contributed by atoms with E-state index in [1.807, 2.05) is 0 Å². The number of benzene rings is 1.